The number of carbonyl (C=O) groups excluding carboxylic acids is 1. The van der Waals surface area contributed by atoms with Crippen LogP contribution in [0.1, 0.15) is 24.8 Å². The van der Waals surface area contributed by atoms with Crippen molar-refractivity contribution in [2.24, 2.45) is 11.7 Å². The Labute approximate surface area is 133 Å². The standard InChI is InChI=1S/C16H24N2O2.ClH/c17-9-4-10-18(13-14-5-2-1-3-6-14)16(19)15-7-11-20-12-8-15;/h1-3,5-6,15H,4,7-13,17H2;1H. The molecule has 5 heteroatoms. The Hall–Kier alpha value is -1.10. The number of nitrogens with zero attached hydrogens (tertiary/aromatic N) is 1. The molecule has 0 saturated carbocycles. The summed E-state index contributed by atoms with van der Waals surface area (Å²) >= 11 is 0. The van der Waals surface area contributed by atoms with Crippen LogP contribution in [0, 0.1) is 5.92 Å². The van der Waals surface area contributed by atoms with E-state index in [4.69, 9.17) is 10.5 Å². The van der Waals surface area contributed by atoms with Crippen molar-refractivity contribution in [3.8, 4) is 0 Å². The van der Waals surface area contributed by atoms with Crippen LogP contribution in [0.15, 0.2) is 30.3 Å². The summed E-state index contributed by atoms with van der Waals surface area (Å²) in [5.74, 6) is 0.371. The first-order chi connectivity index (χ1) is 9.81. The van der Waals surface area contributed by atoms with E-state index < -0.39 is 0 Å². The van der Waals surface area contributed by atoms with Crippen LogP contribution in [0.3, 0.4) is 0 Å². The third-order valence-electron chi connectivity index (χ3n) is 3.73. The maximum atomic E-state index is 12.6. The molecule has 1 fully saturated rings. The Morgan fingerprint density at radius 2 is 1.90 bits per heavy atom. The molecule has 0 atom stereocenters. The van der Waals surface area contributed by atoms with E-state index in [2.05, 4.69) is 12.1 Å². The van der Waals surface area contributed by atoms with Crippen LogP contribution in [0.4, 0.5) is 0 Å². The van der Waals surface area contributed by atoms with E-state index in [1.54, 1.807) is 0 Å². The lowest BCUT2D eigenvalue weighted by Crippen LogP contribution is -2.39. The van der Waals surface area contributed by atoms with Crippen molar-refractivity contribution < 1.29 is 9.53 Å². The van der Waals surface area contributed by atoms with Crippen molar-refractivity contribution in [1.82, 2.24) is 4.90 Å². The summed E-state index contributed by atoms with van der Waals surface area (Å²) < 4.78 is 5.34. The van der Waals surface area contributed by atoms with Gasteiger partial charge in [-0.3, -0.25) is 4.79 Å². The molecule has 0 radical (unpaired) electrons. The molecular weight excluding hydrogens is 288 g/mol. The van der Waals surface area contributed by atoms with Crippen LogP contribution in [0.25, 0.3) is 0 Å². The molecule has 0 spiro atoms. The van der Waals surface area contributed by atoms with Crippen LogP contribution in [-0.2, 0) is 16.1 Å². The highest BCUT2D eigenvalue weighted by atomic mass is 35.5. The monoisotopic (exact) mass is 312 g/mol. The van der Waals surface area contributed by atoms with E-state index in [-0.39, 0.29) is 24.2 Å². The zero-order valence-corrected chi connectivity index (χ0v) is 13.2. The van der Waals surface area contributed by atoms with E-state index in [0.29, 0.717) is 26.3 Å². The summed E-state index contributed by atoms with van der Waals surface area (Å²) in [4.78, 5) is 14.6. The molecule has 21 heavy (non-hydrogen) atoms. The molecule has 1 aliphatic heterocycles. The molecule has 1 amide bonds. The van der Waals surface area contributed by atoms with Crippen molar-refractivity contribution in [1.29, 1.82) is 0 Å². The minimum atomic E-state index is 0. The smallest absolute Gasteiger partial charge is 0.226 e. The zero-order chi connectivity index (χ0) is 14.2. The second-order valence-corrected chi connectivity index (χ2v) is 5.27. The number of hydrogen-bond donors (Lipinski definition) is 1. The Balaban J connectivity index is 0.00000220. The van der Waals surface area contributed by atoms with Gasteiger partial charge in [0, 0.05) is 32.2 Å². The van der Waals surface area contributed by atoms with Crippen molar-refractivity contribution in [2.45, 2.75) is 25.8 Å². The molecule has 0 bridgehead atoms. The van der Waals surface area contributed by atoms with E-state index >= 15 is 0 Å². The summed E-state index contributed by atoms with van der Waals surface area (Å²) in [7, 11) is 0. The van der Waals surface area contributed by atoms with Crippen molar-refractivity contribution >= 4 is 18.3 Å². The first-order valence-corrected chi connectivity index (χ1v) is 7.42. The fourth-order valence-corrected chi connectivity index (χ4v) is 2.56. The molecule has 1 heterocycles. The maximum absolute atomic E-state index is 12.6. The number of ether oxygens (including phenoxy) is 1. The van der Waals surface area contributed by atoms with Gasteiger partial charge in [0.2, 0.25) is 5.91 Å². The summed E-state index contributed by atoms with van der Waals surface area (Å²) in [6, 6.07) is 10.1. The average molecular weight is 313 g/mol. The Morgan fingerprint density at radius 1 is 1.24 bits per heavy atom. The van der Waals surface area contributed by atoms with E-state index in [9.17, 15) is 4.79 Å². The molecule has 4 nitrogen and oxygen atoms in total. The number of halogens is 1. The van der Waals surface area contributed by atoms with Gasteiger partial charge in [-0.15, -0.1) is 12.4 Å². The Morgan fingerprint density at radius 3 is 2.52 bits per heavy atom. The van der Waals surface area contributed by atoms with Crippen LogP contribution < -0.4 is 5.73 Å². The van der Waals surface area contributed by atoms with Crippen LogP contribution in [0.5, 0.6) is 0 Å². The first kappa shape index (κ1) is 18.0. The van der Waals surface area contributed by atoms with Gasteiger partial charge in [0.15, 0.2) is 0 Å². The molecule has 0 aromatic heterocycles. The van der Waals surface area contributed by atoms with Gasteiger partial charge in [0.25, 0.3) is 0 Å². The van der Waals surface area contributed by atoms with Crippen molar-refractivity contribution in [3.05, 3.63) is 35.9 Å². The fraction of sp³-hybridized carbons (Fsp3) is 0.562. The van der Waals surface area contributed by atoms with E-state index in [1.807, 2.05) is 23.1 Å². The molecule has 2 rings (SSSR count). The number of rotatable bonds is 6. The minimum Gasteiger partial charge on any atom is -0.381 e. The molecule has 1 aromatic rings. The second-order valence-electron chi connectivity index (χ2n) is 5.27. The molecule has 2 N–H and O–H groups in total. The van der Waals surface area contributed by atoms with Crippen LogP contribution in [-0.4, -0.2) is 37.1 Å². The summed E-state index contributed by atoms with van der Waals surface area (Å²) in [5.41, 5.74) is 6.76. The topological polar surface area (TPSA) is 55.6 Å². The molecular formula is C16H25ClN2O2. The molecule has 1 aliphatic rings. The molecule has 118 valence electrons. The predicted molar refractivity (Wildman–Crippen MR) is 86.3 cm³/mol. The quantitative estimate of drug-likeness (QED) is 0.876. The summed E-state index contributed by atoms with van der Waals surface area (Å²) in [6.45, 7) is 3.43. The van der Waals surface area contributed by atoms with E-state index in [0.717, 1.165) is 25.8 Å². The maximum Gasteiger partial charge on any atom is 0.226 e. The van der Waals surface area contributed by atoms with Gasteiger partial charge in [0.1, 0.15) is 0 Å². The van der Waals surface area contributed by atoms with Gasteiger partial charge in [-0.2, -0.15) is 0 Å². The third-order valence-corrected chi connectivity index (χ3v) is 3.73. The Kier molecular flexibility index (Phi) is 8.35. The predicted octanol–water partition coefficient (Wildman–Crippen LogP) is 2.21. The summed E-state index contributed by atoms with van der Waals surface area (Å²) in [6.07, 6.45) is 2.53. The second kappa shape index (κ2) is 9.77. The summed E-state index contributed by atoms with van der Waals surface area (Å²) in [5, 5.41) is 0. The molecule has 0 unspecified atom stereocenters. The fourth-order valence-electron chi connectivity index (χ4n) is 2.56. The van der Waals surface area contributed by atoms with Gasteiger partial charge < -0.3 is 15.4 Å². The SMILES string of the molecule is Cl.NCCCN(Cc1ccccc1)C(=O)C1CCOCC1. The number of carbonyl (C=O) groups is 1. The zero-order valence-electron chi connectivity index (χ0n) is 12.4. The number of amides is 1. The lowest BCUT2D eigenvalue weighted by atomic mass is 9.98. The van der Waals surface area contributed by atoms with E-state index in [1.165, 1.54) is 5.56 Å². The number of benzene rings is 1. The minimum absolute atomic E-state index is 0. The number of nitrogens with two attached hydrogens (primary N) is 1. The van der Waals surface area contributed by atoms with Gasteiger partial charge in [-0.25, -0.2) is 0 Å². The lowest BCUT2D eigenvalue weighted by molar-refractivity contribution is -0.139. The first-order valence-electron chi connectivity index (χ1n) is 7.42. The highest BCUT2D eigenvalue weighted by Crippen LogP contribution is 2.19. The molecule has 0 aliphatic carbocycles. The highest BCUT2D eigenvalue weighted by molar-refractivity contribution is 5.85. The normalized spacial score (nSPS) is 15.3. The van der Waals surface area contributed by atoms with Gasteiger partial charge in [-0.1, -0.05) is 30.3 Å². The van der Waals surface area contributed by atoms with Gasteiger partial charge in [-0.05, 0) is 31.4 Å². The third kappa shape index (κ3) is 5.65. The van der Waals surface area contributed by atoms with Crippen molar-refractivity contribution in [2.75, 3.05) is 26.3 Å². The number of hydrogen-bond acceptors (Lipinski definition) is 3. The molecule has 1 saturated heterocycles. The lowest BCUT2D eigenvalue weighted by Gasteiger charge is -2.29. The Bertz CT molecular complexity index is 408. The van der Waals surface area contributed by atoms with Crippen LogP contribution >= 0.6 is 12.4 Å². The van der Waals surface area contributed by atoms with Gasteiger partial charge in [0.05, 0.1) is 0 Å². The van der Waals surface area contributed by atoms with Crippen LogP contribution in [0.2, 0.25) is 0 Å². The van der Waals surface area contributed by atoms with Crippen molar-refractivity contribution in [3.63, 3.8) is 0 Å². The van der Waals surface area contributed by atoms with Gasteiger partial charge >= 0.3 is 0 Å². The molecule has 1 aromatic carbocycles. The highest BCUT2D eigenvalue weighted by Gasteiger charge is 2.26. The average Bonchev–Trinajstić information content (AvgIpc) is 2.52. The largest absolute Gasteiger partial charge is 0.381 e.